The third kappa shape index (κ3) is 5.83. The molecule has 0 spiro atoms. The lowest BCUT2D eigenvalue weighted by molar-refractivity contribution is -0.121. The molecule has 1 aliphatic heterocycles. The molecule has 0 radical (unpaired) electrons. The number of methoxy groups -OCH3 is 2. The Kier molecular flexibility index (Phi) is 8.39. The van der Waals surface area contributed by atoms with Crippen LogP contribution in [0.3, 0.4) is 0 Å². The molecule has 1 heterocycles. The zero-order valence-corrected chi connectivity index (χ0v) is 23.9. The highest BCUT2D eigenvalue weighted by molar-refractivity contribution is 7.92. The number of aryl methyl sites for hydroxylation is 1. The van der Waals surface area contributed by atoms with Gasteiger partial charge in [0.1, 0.15) is 29.4 Å². The molecule has 1 aliphatic rings. The van der Waals surface area contributed by atoms with E-state index in [0.29, 0.717) is 17.9 Å². The second kappa shape index (κ2) is 11.6. The third-order valence-corrected chi connectivity index (χ3v) is 9.15. The van der Waals surface area contributed by atoms with E-state index in [1.807, 2.05) is 31.2 Å². The maximum atomic E-state index is 14.0. The number of ether oxygens (including phenoxy) is 3. The smallest absolute Gasteiger partial charge is 0.264 e. The van der Waals surface area contributed by atoms with Crippen molar-refractivity contribution in [3.8, 4) is 17.2 Å². The number of anilines is 1. The standard InChI is InChI=1S/C30H36N2O6S/c1-6-30(7-2)19-25(24-10-8-9-11-27(24)38-30)31-29(33)20-32(26-18-22(36-4)14-17-28(26)37-5)39(34,35)23-15-12-21(3)13-16-23/h8-18,25H,6-7,19-20H2,1-5H3,(H,31,33). The highest BCUT2D eigenvalue weighted by atomic mass is 32.2. The topological polar surface area (TPSA) is 94.2 Å². The highest BCUT2D eigenvalue weighted by Gasteiger charge is 2.39. The number of hydrogen-bond acceptors (Lipinski definition) is 6. The van der Waals surface area contributed by atoms with Gasteiger partial charge in [-0.15, -0.1) is 0 Å². The summed E-state index contributed by atoms with van der Waals surface area (Å²) in [5.74, 6) is 1.02. The van der Waals surface area contributed by atoms with Crippen molar-refractivity contribution in [2.45, 2.75) is 56.6 Å². The molecule has 0 aliphatic carbocycles. The van der Waals surface area contributed by atoms with Gasteiger partial charge >= 0.3 is 0 Å². The molecule has 9 heteroatoms. The normalized spacial score (nSPS) is 16.0. The molecule has 1 N–H and O–H groups in total. The van der Waals surface area contributed by atoms with Gasteiger partial charge in [0.05, 0.1) is 30.8 Å². The molecule has 0 aromatic heterocycles. The van der Waals surface area contributed by atoms with Crippen molar-refractivity contribution in [1.82, 2.24) is 5.32 Å². The third-order valence-electron chi connectivity index (χ3n) is 7.37. The minimum absolute atomic E-state index is 0.0677. The number of nitrogens with one attached hydrogen (secondary N) is 1. The lowest BCUT2D eigenvalue weighted by Crippen LogP contribution is -2.47. The van der Waals surface area contributed by atoms with E-state index in [9.17, 15) is 13.2 Å². The van der Waals surface area contributed by atoms with Crippen LogP contribution in [0.5, 0.6) is 17.2 Å². The zero-order valence-electron chi connectivity index (χ0n) is 23.1. The molecule has 0 saturated heterocycles. The summed E-state index contributed by atoms with van der Waals surface area (Å²) in [5.41, 5.74) is 1.58. The number of sulfonamides is 1. The first-order chi connectivity index (χ1) is 18.7. The van der Waals surface area contributed by atoms with E-state index in [1.165, 1.54) is 26.4 Å². The van der Waals surface area contributed by atoms with Crippen molar-refractivity contribution < 1.29 is 27.4 Å². The molecule has 0 fully saturated rings. The number of para-hydroxylation sites is 1. The summed E-state index contributed by atoms with van der Waals surface area (Å²) in [6, 6.07) is 18.7. The van der Waals surface area contributed by atoms with Crippen LogP contribution in [0.2, 0.25) is 0 Å². The lowest BCUT2D eigenvalue weighted by atomic mass is 9.83. The maximum absolute atomic E-state index is 14.0. The first-order valence-electron chi connectivity index (χ1n) is 13.0. The Morgan fingerprint density at radius 3 is 2.36 bits per heavy atom. The van der Waals surface area contributed by atoms with Gasteiger partial charge in [-0.05, 0) is 50.1 Å². The molecule has 208 valence electrons. The predicted octanol–water partition coefficient (Wildman–Crippen LogP) is 5.41. The van der Waals surface area contributed by atoms with Gasteiger partial charge < -0.3 is 19.5 Å². The second-order valence-corrected chi connectivity index (χ2v) is 11.6. The number of fused-ring (bicyclic) bond motifs is 1. The minimum Gasteiger partial charge on any atom is -0.497 e. The van der Waals surface area contributed by atoms with Gasteiger partial charge in [-0.1, -0.05) is 49.7 Å². The summed E-state index contributed by atoms with van der Waals surface area (Å²) in [6.07, 6.45) is 2.13. The van der Waals surface area contributed by atoms with Gasteiger partial charge in [0.15, 0.2) is 0 Å². The molecule has 0 bridgehead atoms. The highest BCUT2D eigenvalue weighted by Crippen LogP contribution is 2.43. The summed E-state index contributed by atoms with van der Waals surface area (Å²) in [6.45, 7) is 5.57. The van der Waals surface area contributed by atoms with E-state index in [0.717, 1.165) is 34.0 Å². The van der Waals surface area contributed by atoms with Crippen molar-refractivity contribution >= 4 is 21.6 Å². The lowest BCUT2D eigenvalue weighted by Gasteiger charge is -2.41. The number of amides is 1. The monoisotopic (exact) mass is 552 g/mol. The van der Waals surface area contributed by atoms with Gasteiger partial charge in [-0.3, -0.25) is 9.10 Å². The number of hydrogen-bond donors (Lipinski definition) is 1. The minimum atomic E-state index is -4.14. The van der Waals surface area contributed by atoms with Crippen molar-refractivity contribution in [2.75, 3.05) is 25.1 Å². The molecule has 0 saturated carbocycles. The van der Waals surface area contributed by atoms with Crippen LogP contribution in [0.4, 0.5) is 5.69 Å². The summed E-state index contributed by atoms with van der Waals surface area (Å²) in [5, 5.41) is 3.10. The zero-order chi connectivity index (χ0) is 28.2. The van der Waals surface area contributed by atoms with Gasteiger partial charge in [0.25, 0.3) is 10.0 Å². The Bertz CT molecular complexity index is 1420. The van der Waals surface area contributed by atoms with Crippen LogP contribution in [-0.2, 0) is 14.8 Å². The number of nitrogens with zero attached hydrogens (tertiary/aromatic N) is 1. The van der Waals surface area contributed by atoms with Crippen LogP contribution in [0.1, 0.15) is 50.3 Å². The summed E-state index contributed by atoms with van der Waals surface area (Å²) in [7, 11) is -1.20. The summed E-state index contributed by atoms with van der Waals surface area (Å²) >= 11 is 0. The van der Waals surface area contributed by atoms with E-state index in [4.69, 9.17) is 14.2 Å². The van der Waals surface area contributed by atoms with Gasteiger partial charge in [0.2, 0.25) is 5.91 Å². The molecule has 3 aromatic rings. The Morgan fingerprint density at radius 2 is 1.72 bits per heavy atom. The summed E-state index contributed by atoms with van der Waals surface area (Å²) < 4.78 is 46.2. The van der Waals surface area contributed by atoms with E-state index in [-0.39, 0.29) is 16.6 Å². The van der Waals surface area contributed by atoms with E-state index < -0.39 is 28.1 Å². The van der Waals surface area contributed by atoms with Crippen LogP contribution in [-0.4, -0.2) is 40.7 Å². The largest absolute Gasteiger partial charge is 0.497 e. The average Bonchev–Trinajstić information content (AvgIpc) is 2.95. The molecule has 39 heavy (non-hydrogen) atoms. The van der Waals surface area contributed by atoms with Crippen molar-refractivity contribution in [2.24, 2.45) is 0 Å². The molecule has 1 amide bonds. The molecule has 1 unspecified atom stereocenters. The second-order valence-electron chi connectivity index (χ2n) is 9.72. The molecule has 1 atom stereocenters. The first-order valence-corrected chi connectivity index (χ1v) is 14.5. The molecule has 4 rings (SSSR count). The van der Waals surface area contributed by atoms with Crippen LogP contribution < -0.4 is 23.8 Å². The number of carbonyl (C=O) groups excluding carboxylic acids is 1. The SMILES string of the molecule is CCC1(CC)CC(NC(=O)CN(c2cc(OC)ccc2OC)S(=O)(=O)c2ccc(C)cc2)c2ccccc2O1. The van der Waals surface area contributed by atoms with Crippen LogP contribution in [0, 0.1) is 6.92 Å². The van der Waals surface area contributed by atoms with Gasteiger partial charge in [0, 0.05) is 18.1 Å². The van der Waals surface area contributed by atoms with Gasteiger partial charge in [-0.25, -0.2) is 8.42 Å². The predicted molar refractivity (Wildman–Crippen MR) is 151 cm³/mol. The van der Waals surface area contributed by atoms with Crippen molar-refractivity contribution in [3.63, 3.8) is 0 Å². The Balaban J connectivity index is 1.72. The van der Waals surface area contributed by atoms with Crippen molar-refractivity contribution in [1.29, 1.82) is 0 Å². The molecular formula is C30H36N2O6S. The molecular weight excluding hydrogens is 516 g/mol. The van der Waals surface area contributed by atoms with E-state index in [2.05, 4.69) is 19.2 Å². The van der Waals surface area contributed by atoms with Crippen molar-refractivity contribution in [3.05, 3.63) is 77.9 Å². The fraction of sp³-hybridized carbons (Fsp3) is 0.367. The Hall–Kier alpha value is -3.72. The van der Waals surface area contributed by atoms with Crippen LogP contribution in [0.15, 0.2) is 71.6 Å². The Morgan fingerprint density at radius 1 is 1.03 bits per heavy atom. The fourth-order valence-corrected chi connectivity index (χ4v) is 6.35. The molecule has 3 aromatic carbocycles. The average molecular weight is 553 g/mol. The maximum Gasteiger partial charge on any atom is 0.264 e. The number of benzene rings is 3. The first kappa shape index (κ1) is 28.3. The van der Waals surface area contributed by atoms with Crippen LogP contribution in [0.25, 0.3) is 0 Å². The van der Waals surface area contributed by atoms with Crippen LogP contribution >= 0.6 is 0 Å². The fourth-order valence-electron chi connectivity index (χ4n) is 4.93. The van der Waals surface area contributed by atoms with E-state index in [1.54, 1.807) is 30.3 Å². The quantitative estimate of drug-likeness (QED) is 0.362. The van der Waals surface area contributed by atoms with E-state index >= 15 is 0 Å². The number of rotatable bonds is 10. The number of carbonyl (C=O) groups is 1. The Labute approximate surface area is 230 Å². The summed E-state index contributed by atoms with van der Waals surface area (Å²) in [4.78, 5) is 13.7. The van der Waals surface area contributed by atoms with Gasteiger partial charge in [-0.2, -0.15) is 0 Å². The molecule has 8 nitrogen and oxygen atoms in total.